The van der Waals surface area contributed by atoms with E-state index in [0.717, 1.165) is 25.9 Å². The summed E-state index contributed by atoms with van der Waals surface area (Å²) in [7, 11) is -3.63. The fourth-order valence-electron chi connectivity index (χ4n) is 3.86. The first-order chi connectivity index (χ1) is 13.2. The average molecular weight is 512 g/mol. The van der Waals surface area contributed by atoms with Gasteiger partial charge in [0.05, 0.1) is 10.8 Å². The van der Waals surface area contributed by atoms with E-state index in [0.29, 0.717) is 24.3 Å². The van der Waals surface area contributed by atoms with E-state index < -0.39 is 10.0 Å². The van der Waals surface area contributed by atoms with Crippen molar-refractivity contribution in [3.05, 3.63) is 56.7 Å². The molecule has 1 aliphatic heterocycles. The maximum Gasteiger partial charge on any atom is 0.243 e. The van der Waals surface area contributed by atoms with Gasteiger partial charge in [0.25, 0.3) is 0 Å². The number of anilines is 1. The van der Waals surface area contributed by atoms with Gasteiger partial charge in [0.15, 0.2) is 0 Å². The number of amides is 1. The minimum absolute atomic E-state index is 0.126. The summed E-state index contributed by atoms with van der Waals surface area (Å²) >= 11 is 2.21. The zero-order valence-corrected chi connectivity index (χ0v) is 19.3. The predicted octanol–water partition coefficient (Wildman–Crippen LogP) is 4.26. The number of piperidine rings is 1. The molecule has 28 heavy (non-hydrogen) atoms. The molecule has 7 heteroatoms. The van der Waals surface area contributed by atoms with Crippen molar-refractivity contribution in [2.24, 2.45) is 5.92 Å². The Hall–Kier alpha value is -1.45. The van der Waals surface area contributed by atoms with Crippen molar-refractivity contribution < 1.29 is 13.2 Å². The molecule has 0 aromatic heterocycles. The standard InChI is InChI=1S/C21H25IN2O3S/c1-14-11-15(2)20(16(3)12-14)28(26,27)24-10-4-5-17(13-24)21(25)23-19-8-6-18(22)7-9-19/h6-9,11-12,17H,4-5,10,13H2,1-3H3,(H,23,25)/t17-/m0/s1. The molecule has 0 radical (unpaired) electrons. The highest BCUT2D eigenvalue weighted by Gasteiger charge is 2.34. The molecule has 1 N–H and O–H groups in total. The first-order valence-corrected chi connectivity index (χ1v) is 11.8. The van der Waals surface area contributed by atoms with Crippen molar-refractivity contribution >= 4 is 44.2 Å². The van der Waals surface area contributed by atoms with Crippen LogP contribution in [0.3, 0.4) is 0 Å². The lowest BCUT2D eigenvalue weighted by Gasteiger charge is -2.32. The molecule has 0 bridgehead atoms. The van der Waals surface area contributed by atoms with Crippen LogP contribution < -0.4 is 5.32 Å². The van der Waals surface area contributed by atoms with Crippen LogP contribution in [-0.2, 0) is 14.8 Å². The minimum Gasteiger partial charge on any atom is -0.326 e. The summed E-state index contributed by atoms with van der Waals surface area (Å²) in [6.45, 7) is 6.28. The Balaban J connectivity index is 1.79. The van der Waals surface area contributed by atoms with Crippen molar-refractivity contribution in [3.8, 4) is 0 Å². The lowest BCUT2D eigenvalue weighted by atomic mass is 9.99. The number of carbonyl (C=O) groups excluding carboxylic acids is 1. The quantitative estimate of drug-likeness (QED) is 0.623. The minimum atomic E-state index is -3.63. The van der Waals surface area contributed by atoms with Crippen LogP contribution in [0.2, 0.25) is 0 Å². The number of nitrogens with zero attached hydrogens (tertiary/aromatic N) is 1. The second-order valence-corrected chi connectivity index (χ2v) is 10.5. The molecule has 3 rings (SSSR count). The number of sulfonamides is 1. The first-order valence-electron chi connectivity index (χ1n) is 9.33. The van der Waals surface area contributed by atoms with Gasteiger partial charge in [0, 0.05) is 22.3 Å². The third kappa shape index (κ3) is 4.58. The Labute approximate surface area is 180 Å². The number of benzene rings is 2. The summed E-state index contributed by atoms with van der Waals surface area (Å²) in [6, 6.07) is 11.4. The molecular formula is C21H25IN2O3S. The van der Waals surface area contributed by atoms with Gasteiger partial charge in [-0.3, -0.25) is 4.79 Å². The average Bonchev–Trinajstić information content (AvgIpc) is 2.62. The zero-order chi connectivity index (χ0) is 20.5. The van der Waals surface area contributed by atoms with Gasteiger partial charge in [-0.1, -0.05) is 17.7 Å². The Bertz CT molecular complexity index is 964. The molecule has 1 atom stereocenters. The lowest BCUT2D eigenvalue weighted by Crippen LogP contribution is -2.44. The van der Waals surface area contributed by atoms with E-state index in [4.69, 9.17) is 0 Å². The summed E-state index contributed by atoms with van der Waals surface area (Å²) < 4.78 is 29.2. The van der Waals surface area contributed by atoms with E-state index in [1.54, 1.807) is 0 Å². The SMILES string of the molecule is Cc1cc(C)c(S(=O)(=O)N2CCC[C@H](C(=O)Nc3ccc(I)cc3)C2)c(C)c1. The van der Waals surface area contributed by atoms with Crippen molar-refractivity contribution in [1.29, 1.82) is 0 Å². The van der Waals surface area contributed by atoms with Crippen LogP contribution >= 0.6 is 22.6 Å². The molecule has 1 saturated heterocycles. The second kappa shape index (κ2) is 8.51. The molecule has 1 heterocycles. The van der Waals surface area contributed by atoms with Gasteiger partial charge in [-0.2, -0.15) is 4.31 Å². The normalized spacial score (nSPS) is 18.1. The third-order valence-corrected chi connectivity index (χ3v) is 7.96. The van der Waals surface area contributed by atoms with E-state index in [-0.39, 0.29) is 18.4 Å². The molecule has 1 aliphatic rings. The zero-order valence-electron chi connectivity index (χ0n) is 16.3. The monoisotopic (exact) mass is 512 g/mol. The molecule has 1 amide bonds. The van der Waals surface area contributed by atoms with Crippen LogP contribution in [0, 0.1) is 30.3 Å². The van der Waals surface area contributed by atoms with Crippen molar-refractivity contribution in [3.63, 3.8) is 0 Å². The number of hydrogen-bond donors (Lipinski definition) is 1. The number of halogens is 1. The Kier molecular flexibility index (Phi) is 6.46. The third-order valence-electron chi connectivity index (χ3n) is 5.07. The van der Waals surface area contributed by atoms with Gasteiger partial charge in [-0.05, 0) is 91.6 Å². The van der Waals surface area contributed by atoms with Crippen LogP contribution in [0.15, 0.2) is 41.3 Å². The molecule has 0 unspecified atom stereocenters. The van der Waals surface area contributed by atoms with Crippen LogP contribution in [0.25, 0.3) is 0 Å². The summed E-state index contributed by atoms with van der Waals surface area (Å²) in [5.41, 5.74) is 3.28. The van der Waals surface area contributed by atoms with Gasteiger partial charge < -0.3 is 5.32 Å². The van der Waals surface area contributed by atoms with E-state index in [1.165, 1.54) is 4.31 Å². The highest BCUT2D eigenvalue weighted by Crippen LogP contribution is 2.29. The second-order valence-electron chi connectivity index (χ2n) is 7.43. The van der Waals surface area contributed by atoms with E-state index in [2.05, 4.69) is 27.9 Å². The Morgan fingerprint density at radius 3 is 2.32 bits per heavy atom. The molecule has 5 nitrogen and oxygen atoms in total. The fraction of sp³-hybridized carbons (Fsp3) is 0.381. The predicted molar refractivity (Wildman–Crippen MR) is 120 cm³/mol. The summed E-state index contributed by atoms with van der Waals surface area (Å²) in [5.74, 6) is -0.479. The molecule has 0 spiro atoms. The maximum atomic E-state index is 13.3. The van der Waals surface area contributed by atoms with Crippen LogP contribution in [-0.4, -0.2) is 31.7 Å². The van der Waals surface area contributed by atoms with E-state index in [1.807, 2.05) is 57.2 Å². The van der Waals surface area contributed by atoms with Crippen LogP contribution in [0.4, 0.5) is 5.69 Å². The number of rotatable bonds is 4. The molecule has 0 aliphatic carbocycles. The smallest absolute Gasteiger partial charge is 0.243 e. The van der Waals surface area contributed by atoms with E-state index >= 15 is 0 Å². The van der Waals surface area contributed by atoms with Gasteiger partial charge in [-0.25, -0.2) is 8.42 Å². The fourth-order valence-corrected chi connectivity index (χ4v) is 6.15. The topological polar surface area (TPSA) is 66.5 Å². The largest absolute Gasteiger partial charge is 0.326 e. The number of hydrogen-bond acceptors (Lipinski definition) is 3. The highest BCUT2D eigenvalue weighted by molar-refractivity contribution is 14.1. The molecule has 150 valence electrons. The summed E-state index contributed by atoms with van der Waals surface area (Å²) in [4.78, 5) is 13.1. The Morgan fingerprint density at radius 2 is 1.71 bits per heavy atom. The van der Waals surface area contributed by atoms with Crippen molar-refractivity contribution in [2.45, 2.75) is 38.5 Å². The van der Waals surface area contributed by atoms with Crippen LogP contribution in [0.5, 0.6) is 0 Å². The number of nitrogens with one attached hydrogen (secondary N) is 1. The molecule has 2 aromatic carbocycles. The first kappa shape index (κ1) is 21.3. The Morgan fingerprint density at radius 1 is 1.11 bits per heavy atom. The number of aryl methyl sites for hydroxylation is 3. The van der Waals surface area contributed by atoms with Gasteiger partial charge >= 0.3 is 0 Å². The van der Waals surface area contributed by atoms with Gasteiger partial charge in [0.1, 0.15) is 0 Å². The highest BCUT2D eigenvalue weighted by atomic mass is 127. The molecule has 2 aromatic rings. The molecule has 0 saturated carbocycles. The van der Waals surface area contributed by atoms with E-state index in [9.17, 15) is 13.2 Å². The molecule has 1 fully saturated rings. The van der Waals surface area contributed by atoms with Crippen molar-refractivity contribution in [2.75, 3.05) is 18.4 Å². The number of carbonyl (C=O) groups is 1. The van der Waals surface area contributed by atoms with Crippen molar-refractivity contribution in [1.82, 2.24) is 4.31 Å². The lowest BCUT2D eigenvalue weighted by molar-refractivity contribution is -0.120. The summed E-state index contributed by atoms with van der Waals surface area (Å²) in [6.07, 6.45) is 1.36. The summed E-state index contributed by atoms with van der Waals surface area (Å²) in [5, 5.41) is 2.92. The van der Waals surface area contributed by atoms with Crippen LogP contribution in [0.1, 0.15) is 29.5 Å². The maximum absolute atomic E-state index is 13.3. The van der Waals surface area contributed by atoms with Gasteiger partial charge in [0.2, 0.25) is 15.9 Å². The van der Waals surface area contributed by atoms with Gasteiger partial charge in [-0.15, -0.1) is 0 Å². The molecular weight excluding hydrogens is 487 g/mol.